The Morgan fingerprint density at radius 3 is 3.19 bits per heavy atom. The van der Waals surface area contributed by atoms with E-state index >= 15 is 0 Å². The van der Waals surface area contributed by atoms with E-state index in [-0.39, 0.29) is 11.9 Å². The van der Waals surface area contributed by atoms with Crippen molar-refractivity contribution in [3.05, 3.63) is 51.2 Å². The van der Waals surface area contributed by atoms with Gasteiger partial charge in [0.05, 0.1) is 6.04 Å². The molecule has 0 saturated heterocycles. The summed E-state index contributed by atoms with van der Waals surface area (Å²) in [5.74, 6) is 0.0498. The molecular weight excluding hydrogens is 280 g/mol. The Kier molecular flexibility index (Phi) is 3.19. The quantitative estimate of drug-likeness (QED) is 0.890. The maximum atomic E-state index is 12.5. The third-order valence-electron chi connectivity index (χ3n) is 4.43. The number of amides is 1. The van der Waals surface area contributed by atoms with E-state index in [4.69, 9.17) is 0 Å². The number of hydrogen-bond donors (Lipinski definition) is 2. The smallest absolute Gasteiger partial charge is 0.251 e. The number of hydrogen-bond acceptors (Lipinski definition) is 3. The maximum absolute atomic E-state index is 12.5. The first kappa shape index (κ1) is 12.9. The molecule has 0 saturated carbocycles. The molecule has 2 aromatic rings. The molecule has 0 spiro atoms. The molecule has 2 aliphatic rings. The van der Waals surface area contributed by atoms with Crippen molar-refractivity contribution in [1.82, 2.24) is 5.32 Å². The number of thiophene rings is 1. The lowest BCUT2D eigenvalue weighted by atomic mass is 9.93. The van der Waals surface area contributed by atoms with Crippen LogP contribution < -0.4 is 10.6 Å². The molecule has 4 rings (SSSR count). The highest BCUT2D eigenvalue weighted by atomic mass is 32.1. The number of carbonyl (C=O) groups is 1. The van der Waals surface area contributed by atoms with Gasteiger partial charge < -0.3 is 10.6 Å². The highest BCUT2D eigenvalue weighted by molar-refractivity contribution is 7.10. The predicted octanol–water partition coefficient (Wildman–Crippen LogP) is 3.52. The summed E-state index contributed by atoms with van der Waals surface area (Å²) >= 11 is 1.81. The van der Waals surface area contributed by atoms with Crippen LogP contribution in [0.5, 0.6) is 0 Å². The summed E-state index contributed by atoms with van der Waals surface area (Å²) in [6.45, 7) is 0.974. The van der Waals surface area contributed by atoms with E-state index in [9.17, 15) is 4.79 Å². The lowest BCUT2D eigenvalue weighted by molar-refractivity contribution is 0.0933. The van der Waals surface area contributed by atoms with Crippen LogP contribution in [0.3, 0.4) is 0 Å². The molecule has 4 heteroatoms. The van der Waals surface area contributed by atoms with E-state index in [0.717, 1.165) is 37.8 Å². The third-order valence-corrected chi connectivity index (χ3v) is 5.43. The number of anilines is 1. The van der Waals surface area contributed by atoms with Crippen LogP contribution in [0, 0.1) is 0 Å². The van der Waals surface area contributed by atoms with Gasteiger partial charge in [-0.1, -0.05) is 0 Å². The SMILES string of the molecule is O=C(NC1CCCc2sccc21)c1ccc2c(c1)CCN2. The number of carbonyl (C=O) groups excluding carboxylic acids is 1. The zero-order chi connectivity index (χ0) is 14.2. The van der Waals surface area contributed by atoms with Gasteiger partial charge in [0.1, 0.15) is 0 Å². The second-order valence-electron chi connectivity index (χ2n) is 5.77. The van der Waals surface area contributed by atoms with Crippen LogP contribution in [0.15, 0.2) is 29.6 Å². The summed E-state index contributed by atoms with van der Waals surface area (Å²) in [6, 6.07) is 8.32. The Morgan fingerprint density at radius 2 is 2.24 bits per heavy atom. The lowest BCUT2D eigenvalue weighted by Crippen LogP contribution is -2.30. The Bertz CT molecular complexity index is 692. The van der Waals surface area contributed by atoms with E-state index in [0.29, 0.717) is 0 Å². The minimum atomic E-state index is 0.0498. The van der Waals surface area contributed by atoms with Crippen LogP contribution in [0.2, 0.25) is 0 Å². The molecule has 0 bridgehead atoms. The number of benzene rings is 1. The molecule has 3 nitrogen and oxygen atoms in total. The molecule has 2 N–H and O–H groups in total. The van der Waals surface area contributed by atoms with Gasteiger partial charge in [0, 0.05) is 22.7 Å². The fourth-order valence-electron chi connectivity index (χ4n) is 3.32. The lowest BCUT2D eigenvalue weighted by Gasteiger charge is -2.23. The molecule has 1 aliphatic carbocycles. The zero-order valence-electron chi connectivity index (χ0n) is 11.8. The Morgan fingerprint density at radius 1 is 1.29 bits per heavy atom. The zero-order valence-corrected chi connectivity index (χ0v) is 12.6. The van der Waals surface area contributed by atoms with Gasteiger partial charge in [0.15, 0.2) is 0 Å². The minimum absolute atomic E-state index is 0.0498. The highest BCUT2D eigenvalue weighted by Crippen LogP contribution is 2.33. The van der Waals surface area contributed by atoms with Gasteiger partial charge in [0.2, 0.25) is 0 Å². The van der Waals surface area contributed by atoms with Crippen molar-refractivity contribution in [1.29, 1.82) is 0 Å². The van der Waals surface area contributed by atoms with Crippen molar-refractivity contribution in [3.8, 4) is 0 Å². The fraction of sp³-hybridized carbons (Fsp3) is 0.353. The molecule has 2 heterocycles. The standard InChI is InChI=1S/C17H18N2OS/c20-17(12-4-5-14-11(10-12)6-8-18-14)19-15-2-1-3-16-13(15)7-9-21-16/h4-5,7,9-10,15,18H,1-3,6,8H2,(H,19,20). The van der Waals surface area contributed by atoms with Crippen LogP contribution in [-0.4, -0.2) is 12.5 Å². The van der Waals surface area contributed by atoms with Gasteiger partial charge in [-0.2, -0.15) is 0 Å². The average Bonchev–Trinajstić information content (AvgIpc) is 3.15. The summed E-state index contributed by atoms with van der Waals surface area (Å²) in [5, 5.41) is 8.68. The van der Waals surface area contributed by atoms with Crippen LogP contribution in [0.4, 0.5) is 5.69 Å². The van der Waals surface area contributed by atoms with Gasteiger partial charge in [-0.3, -0.25) is 4.79 Å². The third kappa shape index (κ3) is 2.33. The number of aryl methyl sites for hydroxylation is 1. The minimum Gasteiger partial charge on any atom is -0.384 e. The molecule has 1 atom stereocenters. The predicted molar refractivity (Wildman–Crippen MR) is 86.1 cm³/mol. The van der Waals surface area contributed by atoms with Crippen molar-refractivity contribution >= 4 is 22.9 Å². The first-order valence-corrected chi connectivity index (χ1v) is 8.43. The van der Waals surface area contributed by atoms with Crippen LogP contribution in [0.1, 0.15) is 45.2 Å². The van der Waals surface area contributed by atoms with Crippen molar-refractivity contribution in [3.63, 3.8) is 0 Å². The highest BCUT2D eigenvalue weighted by Gasteiger charge is 2.23. The van der Waals surface area contributed by atoms with Gasteiger partial charge >= 0.3 is 0 Å². The van der Waals surface area contributed by atoms with Crippen LogP contribution in [0.25, 0.3) is 0 Å². The molecule has 1 aliphatic heterocycles. The molecular formula is C17H18N2OS. The molecule has 108 valence electrons. The maximum Gasteiger partial charge on any atom is 0.251 e. The topological polar surface area (TPSA) is 41.1 Å². The van der Waals surface area contributed by atoms with E-state index in [1.54, 1.807) is 0 Å². The molecule has 1 aromatic heterocycles. The van der Waals surface area contributed by atoms with Gasteiger partial charge in [0.25, 0.3) is 5.91 Å². The van der Waals surface area contributed by atoms with E-state index < -0.39 is 0 Å². The van der Waals surface area contributed by atoms with Gasteiger partial charge in [-0.25, -0.2) is 0 Å². The van der Waals surface area contributed by atoms with Gasteiger partial charge in [-0.15, -0.1) is 11.3 Å². The Hall–Kier alpha value is -1.81. The van der Waals surface area contributed by atoms with Crippen LogP contribution >= 0.6 is 11.3 Å². The van der Waals surface area contributed by atoms with Crippen molar-refractivity contribution in [2.75, 3.05) is 11.9 Å². The summed E-state index contributed by atoms with van der Waals surface area (Å²) in [4.78, 5) is 14.0. The monoisotopic (exact) mass is 298 g/mol. The van der Waals surface area contributed by atoms with Crippen molar-refractivity contribution in [2.24, 2.45) is 0 Å². The van der Waals surface area contributed by atoms with E-state index in [2.05, 4.69) is 22.1 Å². The second-order valence-corrected chi connectivity index (χ2v) is 6.77. The molecule has 1 unspecified atom stereocenters. The molecule has 1 aromatic carbocycles. The summed E-state index contributed by atoms with van der Waals surface area (Å²) in [7, 11) is 0. The largest absolute Gasteiger partial charge is 0.384 e. The van der Waals surface area contributed by atoms with E-state index in [1.807, 2.05) is 29.5 Å². The molecule has 0 radical (unpaired) electrons. The number of fused-ring (bicyclic) bond motifs is 2. The van der Waals surface area contributed by atoms with Crippen molar-refractivity contribution in [2.45, 2.75) is 31.7 Å². The molecule has 1 amide bonds. The fourth-order valence-corrected chi connectivity index (χ4v) is 4.31. The van der Waals surface area contributed by atoms with Gasteiger partial charge in [-0.05, 0) is 66.5 Å². The summed E-state index contributed by atoms with van der Waals surface area (Å²) in [6.07, 6.45) is 4.37. The molecule has 0 fully saturated rings. The summed E-state index contributed by atoms with van der Waals surface area (Å²) in [5.41, 5.74) is 4.52. The summed E-state index contributed by atoms with van der Waals surface area (Å²) < 4.78 is 0. The first-order valence-electron chi connectivity index (χ1n) is 7.55. The van der Waals surface area contributed by atoms with Crippen LogP contribution in [-0.2, 0) is 12.8 Å². The Balaban J connectivity index is 1.54. The second kappa shape index (κ2) is 5.19. The Labute approximate surface area is 128 Å². The van der Waals surface area contributed by atoms with E-state index in [1.165, 1.54) is 21.7 Å². The number of nitrogens with one attached hydrogen (secondary N) is 2. The molecule has 21 heavy (non-hydrogen) atoms. The number of rotatable bonds is 2. The first-order chi connectivity index (χ1) is 10.3. The normalized spacial score (nSPS) is 19.5. The average molecular weight is 298 g/mol. The van der Waals surface area contributed by atoms with Crippen molar-refractivity contribution < 1.29 is 4.79 Å².